The van der Waals surface area contributed by atoms with E-state index in [2.05, 4.69) is 25.8 Å². The molecule has 3 aromatic heterocycles. The highest BCUT2D eigenvalue weighted by molar-refractivity contribution is 5.92. The molecule has 1 atom stereocenters. The monoisotopic (exact) mass is 363 g/mol. The number of carbonyl (C=O) groups excluding carboxylic acids is 1. The summed E-state index contributed by atoms with van der Waals surface area (Å²) >= 11 is 0. The first-order chi connectivity index (χ1) is 13.2. The normalized spacial score (nSPS) is 11.9. The van der Waals surface area contributed by atoms with Crippen molar-refractivity contribution in [3.63, 3.8) is 0 Å². The zero-order chi connectivity index (χ0) is 18.6. The lowest BCUT2D eigenvalue weighted by Crippen LogP contribution is -2.33. The minimum absolute atomic E-state index is 0.387. The molecular weight excluding hydrogens is 346 g/mol. The Morgan fingerprint density at radius 1 is 1.22 bits per heavy atom. The average molecular weight is 363 g/mol. The van der Waals surface area contributed by atoms with E-state index >= 15 is 0 Å². The Kier molecular flexibility index (Phi) is 4.44. The SMILES string of the molecule is COc1n[nH]c2cc(NC(=O)N[C@@H](c3ccccc3)c3ccco3)ncc12. The Bertz CT molecular complexity index is 1040. The first-order valence-electron chi connectivity index (χ1n) is 8.28. The maximum atomic E-state index is 12.5. The second kappa shape index (κ2) is 7.20. The molecule has 8 nitrogen and oxygen atoms in total. The van der Waals surface area contributed by atoms with Crippen molar-refractivity contribution in [1.82, 2.24) is 20.5 Å². The predicted molar refractivity (Wildman–Crippen MR) is 99.6 cm³/mol. The summed E-state index contributed by atoms with van der Waals surface area (Å²) in [5, 5.41) is 13.3. The predicted octanol–water partition coefficient (Wildman–Crippen LogP) is 3.47. The van der Waals surface area contributed by atoms with Crippen LogP contribution in [0.5, 0.6) is 5.88 Å². The van der Waals surface area contributed by atoms with Crippen molar-refractivity contribution in [3.8, 4) is 5.88 Å². The molecule has 4 aromatic rings. The van der Waals surface area contributed by atoms with Gasteiger partial charge in [-0.1, -0.05) is 30.3 Å². The van der Waals surface area contributed by atoms with Gasteiger partial charge in [0.05, 0.1) is 24.3 Å². The van der Waals surface area contributed by atoms with Gasteiger partial charge in [-0.2, -0.15) is 0 Å². The number of anilines is 1. The van der Waals surface area contributed by atoms with E-state index in [-0.39, 0.29) is 0 Å². The molecule has 136 valence electrons. The van der Waals surface area contributed by atoms with Crippen LogP contribution >= 0.6 is 0 Å². The molecule has 0 unspecified atom stereocenters. The highest BCUT2D eigenvalue weighted by Crippen LogP contribution is 2.24. The number of carbonyl (C=O) groups is 1. The lowest BCUT2D eigenvalue weighted by atomic mass is 10.1. The third-order valence-corrected chi connectivity index (χ3v) is 4.08. The molecule has 0 aliphatic rings. The zero-order valence-corrected chi connectivity index (χ0v) is 14.5. The molecule has 0 aliphatic carbocycles. The number of methoxy groups -OCH3 is 1. The summed E-state index contributed by atoms with van der Waals surface area (Å²) in [5.41, 5.74) is 1.62. The number of nitrogens with zero attached hydrogens (tertiary/aromatic N) is 2. The van der Waals surface area contributed by atoms with Gasteiger partial charge in [0.25, 0.3) is 0 Å². The molecule has 0 bridgehead atoms. The molecule has 3 N–H and O–H groups in total. The third-order valence-electron chi connectivity index (χ3n) is 4.08. The molecule has 8 heteroatoms. The van der Waals surface area contributed by atoms with E-state index in [1.54, 1.807) is 24.6 Å². The average Bonchev–Trinajstić information content (AvgIpc) is 3.36. The van der Waals surface area contributed by atoms with Crippen molar-refractivity contribution in [2.75, 3.05) is 12.4 Å². The van der Waals surface area contributed by atoms with E-state index in [0.717, 1.165) is 10.9 Å². The number of aromatic amines is 1. The van der Waals surface area contributed by atoms with Gasteiger partial charge < -0.3 is 14.5 Å². The van der Waals surface area contributed by atoms with E-state index < -0.39 is 12.1 Å². The molecule has 0 saturated heterocycles. The van der Waals surface area contributed by atoms with Crippen LogP contribution < -0.4 is 15.4 Å². The molecule has 0 spiro atoms. The van der Waals surface area contributed by atoms with Crippen LogP contribution in [0.15, 0.2) is 65.4 Å². The molecule has 1 aromatic carbocycles. The molecule has 0 saturated carbocycles. The number of fused-ring (bicyclic) bond motifs is 1. The van der Waals surface area contributed by atoms with Crippen LogP contribution in [-0.4, -0.2) is 28.3 Å². The lowest BCUT2D eigenvalue weighted by molar-refractivity contribution is 0.248. The fourth-order valence-corrected chi connectivity index (χ4v) is 2.82. The van der Waals surface area contributed by atoms with Crippen LogP contribution in [0.25, 0.3) is 10.9 Å². The van der Waals surface area contributed by atoms with Crippen molar-refractivity contribution in [3.05, 3.63) is 72.3 Å². The fraction of sp³-hybridized carbons (Fsp3) is 0.105. The number of benzene rings is 1. The number of aromatic nitrogens is 3. The minimum Gasteiger partial charge on any atom is -0.479 e. The van der Waals surface area contributed by atoms with Crippen LogP contribution in [0.3, 0.4) is 0 Å². The number of hydrogen-bond acceptors (Lipinski definition) is 5. The molecule has 2 amide bonds. The Balaban J connectivity index is 1.53. The molecule has 4 rings (SSSR count). The highest BCUT2D eigenvalue weighted by Gasteiger charge is 2.19. The van der Waals surface area contributed by atoms with Crippen molar-refractivity contribution < 1.29 is 13.9 Å². The summed E-state index contributed by atoms with van der Waals surface area (Å²) in [6.07, 6.45) is 3.17. The van der Waals surface area contributed by atoms with Crippen LogP contribution in [0.2, 0.25) is 0 Å². The van der Waals surface area contributed by atoms with Crippen molar-refractivity contribution in [2.24, 2.45) is 0 Å². The van der Waals surface area contributed by atoms with Gasteiger partial charge in [-0.05, 0) is 17.7 Å². The Morgan fingerprint density at radius 3 is 2.81 bits per heavy atom. The maximum absolute atomic E-state index is 12.5. The summed E-state index contributed by atoms with van der Waals surface area (Å²) in [4.78, 5) is 16.8. The van der Waals surface area contributed by atoms with E-state index in [1.807, 2.05) is 36.4 Å². The number of ether oxygens (including phenoxy) is 1. The quantitative estimate of drug-likeness (QED) is 0.503. The second-order valence-electron chi connectivity index (χ2n) is 5.81. The summed E-state index contributed by atoms with van der Waals surface area (Å²) in [5.74, 6) is 1.48. The number of rotatable bonds is 5. The van der Waals surface area contributed by atoms with Gasteiger partial charge in [-0.3, -0.25) is 10.4 Å². The number of H-pyrrole nitrogens is 1. The van der Waals surface area contributed by atoms with Gasteiger partial charge >= 0.3 is 6.03 Å². The van der Waals surface area contributed by atoms with Gasteiger partial charge in [-0.25, -0.2) is 9.78 Å². The second-order valence-corrected chi connectivity index (χ2v) is 5.81. The Hall–Kier alpha value is -3.81. The maximum Gasteiger partial charge on any atom is 0.321 e. The van der Waals surface area contributed by atoms with E-state index in [4.69, 9.17) is 9.15 Å². The lowest BCUT2D eigenvalue weighted by Gasteiger charge is -2.17. The van der Waals surface area contributed by atoms with Gasteiger partial charge in [0.2, 0.25) is 5.88 Å². The van der Waals surface area contributed by atoms with Gasteiger partial charge in [0.15, 0.2) is 0 Å². The van der Waals surface area contributed by atoms with Crippen molar-refractivity contribution in [2.45, 2.75) is 6.04 Å². The molecule has 0 fully saturated rings. The zero-order valence-electron chi connectivity index (χ0n) is 14.5. The Morgan fingerprint density at radius 2 is 2.07 bits per heavy atom. The first-order valence-corrected chi connectivity index (χ1v) is 8.28. The summed E-state index contributed by atoms with van der Waals surface area (Å²) < 4.78 is 10.6. The van der Waals surface area contributed by atoms with Crippen LogP contribution in [-0.2, 0) is 0 Å². The molecular formula is C19H17N5O3. The van der Waals surface area contributed by atoms with Crippen LogP contribution in [0.1, 0.15) is 17.4 Å². The highest BCUT2D eigenvalue weighted by atomic mass is 16.5. The number of urea groups is 1. The Labute approximate surface area is 154 Å². The van der Waals surface area contributed by atoms with E-state index in [0.29, 0.717) is 23.0 Å². The van der Waals surface area contributed by atoms with Crippen molar-refractivity contribution >= 4 is 22.8 Å². The van der Waals surface area contributed by atoms with Gasteiger partial charge in [0, 0.05) is 12.3 Å². The van der Waals surface area contributed by atoms with Crippen LogP contribution in [0.4, 0.5) is 10.6 Å². The molecule has 0 radical (unpaired) electrons. The van der Waals surface area contributed by atoms with Gasteiger partial charge in [0.1, 0.15) is 17.6 Å². The minimum atomic E-state index is -0.419. The van der Waals surface area contributed by atoms with E-state index in [1.165, 1.54) is 7.11 Å². The smallest absolute Gasteiger partial charge is 0.321 e. The van der Waals surface area contributed by atoms with E-state index in [9.17, 15) is 4.79 Å². The number of pyridine rings is 1. The standard InChI is InChI=1S/C19H17N5O3/c1-26-18-13-11-20-16(10-14(13)23-24-18)21-19(25)22-17(15-8-5-9-27-15)12-6-3-2-4-7-12/h2-11,17H,1H3,(H,23,24)(H2,20,21,22,25)/t17-/m0/s1. The summed E-state index contributed by atoms with van der Waals surface area (Å²) in [6, 6.07) is 14.1. The number of furan rings is 1. The third kappa shape index (κ3) is 3.45. The topological polar surface area (TPSA) is 105 Å². The summed E-state index contributed by atoms with van der Waals surface area (Å²) in [7, 11) is 1.54. The fourth-order valence-electron chi connectivity index (χ4n) is 2.82. The number of hydrogen-bond donors (Lipinski definition) is 3. The number of amides is 2. The van der Waals surface area contributed by atoms with Crippen molar-refractivity contribution in [1.29, 1.82) is 0 Å². The summed E-state index contributed by atoms with van der Waals surface area (Å²) in [6.45, 7) is 0. The van der Waals surface area contributed by atoms with Crippen LogP contribution in [0, 0.1) is 0 Å². The molecule has 0 aliphatic heterocycles. The largest absolute Gasteiger partial charge is 0.479 e. The molecule has 3 heterocycles. The molecule has 27 heavy (non-hydrogen) atoms. The van der Waals surface area contributed by atoms with Gasteiger partial charge in [-0.15, -0.1) is 5.10 Å². The first kappa shape index (κ1) is 16.6. The number of nitrogens with one attached hydrogen (secondary N) is 3.